The van der Waals surface area contributed by atoms with Crippen molar-refractivity contribution in [1.82, 2.24) is 5.32 Å². The molecular weight excluding hydrogens is 268 g/mol. The molecule has 2 aliphatic rings. The van der Waals surface area contributed by atoms with Crippen LogP contribution in [0.1, 0.15) is 44.6 Å². The number of nitrogens with zero attached hydrogens (tertiary/aromatic N) is 1. The summed E-state index contributed by atoms with van der Waals surface area (Å²) in [4.78, 5) is 2.54. The van der Waals surface area contributed by atoms with Crippen LogP contribution in [0.2, 0.25) is 5.02 Å². The van der Waals surface area contributed by atoms with E-state index in [1.54, 1.807) is 0 Å². The molecule has 3 rings (SSSR count). The van der Waals surface area contributed by atoms with Gasteiger partial charge in [0.25, 0.3) is 0 Å². The number of halogens is 1. The minimum atomic E-state index is 0.727. The van der Waals surface area contributed by atoms with Crippen molar-refractivity contribution in [3.63, 3.8) is 0 Å². The average molecular weight is 293 g/mol. The highest BCUT2D eigenvalue weighted by molar-refractivity contribution is 6.31. The molecule has 1 saturated carbocycles. The summed E-state index contributed by atoms with van der Waals surface area (Å²) in [6, 6.07) is 7.08. The first-order valence-corrected chi connectivity index (χ1v) is 8.41. The van der Waals surface area contributed by atoms with Gasteiger partial charge in [0.2, 0.25) is 0 Å². The Morgan fingerprint density at radius 3 is 2.90 bits per heavy atom. The lowest BCUT2D eigenvalue weighted by Gasteiger charge is -2.23. The van der Waals surface area contributed by atoms with Gasteiger partial charge in [0.1, 0.15) is 0 Å². The Kier molecular flexibility index (Phi) is 4.52. The van der Waals surface area contributed by atoms with Crippen LogP contribution in [0.5, 0.6) is 0 Å². The average Bonchev–Trinajstić information content (AvgIpc) is 3.16. The van der Waals surface area contributed by atoms with Gasteiger partial charge in [-0.1, -0.05) is 31.0 Å². The lowest BCUT2D eigenvalue weighted by Crippen LogP contribution is -2.23. The molecule has 20 heavy (non-hydrogen) atoms. The zero-order valence-corrected chi connectivity index (χ0v) is 13.1. The van der Waals surface area contributed by atoms with Crippen molar-refractivity contribution in [2.75, 3.05) is 18.0 Å². The Morgan fingerprint density at radius 2 is 2.15 bits per heavy atom. The van der Waals surface area contributed by atoms with Crippen LogP contribution in [0.3, 0.4) is 0 Å². The second-order valence-corrected chi connectivity index (χ2v) is 6.69. The molecule has 1 N–H and O–H groups in total. The van der Waals surface area contributed by atoms with E-state index in [0.717, 1.165) is 23.5 Å². The summed E-state index contributed by atoms with van der Waals surface area (Å²) in [5.41, 5.74) is 2.64. The highest BCUT2D eigenvalue weighted by Crippen LogP contribution is 2.33. The summed E-state index contributed by atoms with van der Waals surface area (Å²) in [6.45, 7) is 5.58. The first-order chi connectivity index (χ1) is 9.78. The van der Waals surface area contributed by atoms with Crippen molar-refractivity contribution in [3.8, 4) is 0 Å². The number of anilines is 1. The predicted octanol–water partition coefficient (Wildman–Crippen LogP) is 4.22. The summed E-state index contributed by atoms with van der Waals surface area (Å²) >= 11 is 6.44. The van der Waals surface area contributed by atoms with Gasteiger partial charge < -0.3 is 10.2 Å². The lowest BCUT2D eigenvalue weighted by molar-refractivity contribution is 0.529. The van der Waals surface area contributed by atoms with Gasteiger partial charge in [-0.15, -0.1) is 0 Å². The Morgan fingerprint density at radius 1 is 1.30 bits per heavy atom. The third kappa shape index (κ3) is 3.29. The fourth-order valence-electron chi connectivity index (χ4n) is 3.25. The van der Waals surface area contributed by atoms with E-state index in [1.165, 1.54) is 56.4 Å². The molecule has 2 nitrogen and oxygen atoms in total. The molecule has 0 amide bonds. The van der Waals surface area contributed by atoms with E-state index in [4.69, 9.17) is 11.6 Å². The Hall–Kier alpha value is -0.730. The molecule has 0 aromatic heterocycles. The molecule has 1 aromatic carbocycles. The van der Waals surface area contributed by atoms with E-state index in [0.29, 0.717) is 0 Å². The summed E-state index contributed by atoms with van der Waals surface area (Å²) in [5, 5.41) is 4.51. The van der Waals surface area contributed by atoms with E-state index in [1.807, 2.05) is 6.07 Å². The molecule has 1 atom stereocenters. The van der Waals surface area contributed by atoms with Crippen LogP contribution >= 0.6 is 11.6 Å². The van der Waals surface area contributed by atoms with Crippen molar-refractivity contribution in [3.05, 3.63) is 28.8 Å². The van der Waals surface area contributed by atoms with Crippen LogP contribution in [-0.4, -0.2) is 19.1 Å². The number of nitrogens with one attached hydrogen (secondary N) is 1. The van der Waals surface area contributed by atoms with Gasteiger partial charge in [-0.25, -0.2) is 0 Å². The molecule has 1 heterocycles. The van der Waals surface area contributed by atoms with Gasteiger partial charge in [0.15, 0.2) is 0 Å². The number of rotatable bonds is 6. The van der Waals surface area contributed by atoms with Crippen molar-refractivity contribution >= 4 is 17.3 Å². The molecule has 1 saturated heterocycles. The molecule has 110 valence electrons. The van der Waals surface area contributed by atoms with E-state index < -0.39 is 0 Å². The number of hydrogen-bond donors (Lipinski definition) is 1. The van der Waals surface area contributed by atoms with Crippen molar-refractivity contribution in [2.24, 2.45) is 5.92 Å². The standard InChI is InChI=1S/C17H25ClN2/c1-2-4-13-9-10-20(12-13)17-6-3-5-16(18)15(17)11-19-14-7-8-14/h3,5-6,13-14,19H,2,4,7-12H2,1H3. The molecule has 0 radical (unpaired) electrons. The molecule has 3 heteroatoms. The maximum absolute atomic E-state index is 6.44. The smallest absolute Gasteiger partial charge is 0.0471 e. The monoisotopic (exact) mass is 292 g/mol. The summed E-state index contributed by atoms with van der Waals surface area (Å²) < 4.78 is 0. The topological polar surface area (TPSA) is 15.3 Å². The maximum atomic E-state index is 6.44. The van der Waals surface area contributed by atoms with Crippen LogP contribution in [-0.2, 0) is 6.54 Å². The Labute approximate surface area is 127 Å². The molecule has 1 aliphatic heterocycles. The normalized spacial score (nSPS) is 22.5. The summed E-state index contributed by atoms with van der Waals surface area (Å²) in [6.07, 6.45) is 6.62. The lowest BCUT2D eigenvalue weighted by atomic mass is 10.0. The fraction of sp³-hybridized carbons (Fsp3) is 0.647. The number of benzene rings is 1. The summed E-state index contributed by atoms with van der Waals surface area (Å²) in [5.74, 6) is 0.864. The molecule has 1 aliphatic carbocycles. The highest BCUT2D eigenvalue weighted by atomic mass is 35.5. The fourth-order valence-corrected chi connectivity index (χ4v) is 3.48. The SMILES string of the molecule is CCCC1CCN(c2cccc(Cl)c2CNC2CC2)C1. The van der Waals surface area contributed by atoms with Crippen molar-refractivity contribution < 1.29 is 0 Å². The third-order valence-electron chi connectivity index (χ3n) is 4.56. The minimum absolute atomic E-state index is 0.727. The maximum Gasteiger partial charge on any atom is 0.0471 e. The molecule has 0 bridgehead atoms. The van der Waals surface area contributed by atoms with Crippen molar-refractivity contribution in [1.29, 1.82) is 0 Å². The van der Waals surface area contributed by atoms with Crippen molar-refractivity contribution in [2.45, 2.75) is 51.6 Å². The van der Waals surface area contributed by atoms with Crippen LogP contribution in [0.15, 0.2) is 18.2 Å². The van der Waals surface area contributed by atoms with E-state index in [2.05, 4.69) is 29.3 Å². The predicted molar refractivity (Wildman–Crippen MR) is 86.5 cm³/mol. The van der Waals surface area contributed by atoms with Gasteiger partial charge in [0, 0.05) is 41.9 Å². The molecule has 2 fully saturated rings. The van der Waals surface area contributed by atoms with E-state index in [-0.39, 0.29) is 0 Å². The molecule has 1 aromatic rings. The minimum Gasteiger partial charge on any atom is -0.371 e. The Balaban J connectivity index is 1.72. The first-order valence-electron chi connectivity index (χ1n) is 8.03. The second kappa shape index (κ2) is 6.36. The number of hydrogen-bond acceptors (Lipinski definition) is 2. The van der Waals surface area contributed by atoms with E-state index >= 15 is 0 Å². The van der Waals surface area contributed by atoms with Crippen LogP contribution < -0.4 is 10.2 Å². The largest absolute Gasteiger partial charge is 0.371 e. The first kappa shape index (κ1) is 14.2. The second-order valence-electron chi connectivity index (χ2n) is 6.28. The molecule has 1 unspecified atom stereocenters. The zero-order chi connectivity index (χ0) is 13.9. The van der Waals surface area contributed by atoms with Crippen LogP contribution in [0.25, 0.3) is 0 Å². The van der Waals surface area contributed by atoms with Gasteiger partial charge in [0.05, 0.1) is 0 Å². The van der Waals surface area contributed by atoms with Crippen LogP contribution in [0, 0.1) is 5.92 Å². The Bertz CT molecular complexity index is 456. The molecular formula is C17H25ClN2. The zero-order valence-electron chi connectivity index (χ0n) is 12.4. The van der Waals surface area contributed by atoms with E-state index in [9.17, 15) is 0 Å². The van der Waals surface area contributed by atoms with Gasteiger partial charge in [-0.3, -0.25) is 0 Å². The highest BCUT2D eigenvalue weighted by Gasteiger charge is 2.25. The quantitative estimate of drug-likeness (QED) is 0.844. The summed E-state index contributed by atoms with van der Waals surface area (Å²) in [7, 11) is 0. The van der Waals surface area contributed by atoms with Gasteiger partial charge >= 0.3 is 0 Å². The third-order valence-corrected chi connectivity index (χ3v) is 4.92. The molecule has 0 spiro atoms. The van der Waals surface area contributed by atoms with Gasteiger partial charge in [-0.2, -0.15) is 0 Å². The van der Waals surface area contributed by atoms with Gasteiger partial charge in [-0.05, 0) is 43.7 Å². The van der Waals surface area contributed by atoms with Crippen LogP contribution in [0.4, 0.5) is 5.69 Å².